The number of carbonyl (C=O) groups excluding carboxylic acids is 1. The van der Waals surface area contributed by atoms with Crippen LogP contribution in [0.3, 0.4) is 0 Å². The average Bonchev–Trinajstić information content (AvgIpc) is 2.78. The van der Waals surface area contributed by atoms with Crippen molar-refractivity contribution < 1.29 is 19.4 Å². The number of nitrogens with one attached hydrogen (secondary N) is 1. The maximum absolute atomic E-state index is 11.8. The molecule has 1 amide bonds. The van der Waals surface area contributed by atoms with E-state index in [0.717, 1.165) is 16.8 Å². The number of carbonyl (C=O) groups is 1. The SMILES string of the molecule is COc1ccc([C@H]2CC(c3ccccc3O)=NC3(CCN(C(C)=O)CC3)N2)cc1OC. The zero-order chi connectivity index (χ0) is 22.0. The second-order valence-electron chi connectivity index (χ2n) is 8.13. The van der Waals surface area contributed by atoms with Gasteiger partial charge in [0.05, 0.1) is 14.2 Å². The van der Waals surface area contributed by atoms with Crippen molar-refractivity contribution in [1.29, 1.82) is 0 Å². The number of piperidine rings is 1. The number of methoxy groups -OCH3 is 2. The van der Waals surface area contributed by atoms with E-state index in [1.54, 1.807) is 27.2 Å². The number of hydrogen-bond acceptors (Lipinski definition) is 6. The van der Waals surface area contributed by atoms with Crippen LogP contribution < -0.4 is 14.8 Å². The van der Waals surface area contributed by atoms with Crippen molar-refractivity contribution in [3.05, 3.63) is 53.6 Å². The summed E-state index contributed by atoms with van der Waals surface area (Å²) in [7, 11) is 3.25. The molecule has 2 aliphatic rings. The molecule has 2 heterocycles. The summed E-state index contributed by atoms with van der Waals surface area (Å²) in [5, 5.41) is 14.2. The number of ether oxygens (including phenoxy) is 2. The lowest BCUT2D eigenvalue weighted by atomic mass is 9.87. The van der Waals surface area contributed by atoms with Gasteiger partial charge in [-0.1, -0.05) is 18.2 Å². The fourth-order valence-electron chi connectivity index (χ4n) is 4.51. The van der Waals surface area contributed by atoms with Crippen molar-refractivity contribution in [2.45, 2.75) is 37.9 Å². The number of hydrogen-bond donors (Lipinski definition) is 2. The highest BCUT2D eigenvalue weighted by Gasteiger charge is 2.41. The fourth-order valence-corrected chi connectivity index (χ4v) is 4.51. The van der Waals surface area contributed by atoms with Gasteiger partial charge in [-0.25, -0.2) is 0 Å². The Morgan fingerprint density at radius 2 is 1.84 bits per heavy atom. The minimum absolute atomic E-state index is 0.0178. The smallest absolute Gasteiger partial charge is 0.219 e. The van der Waals surface area contributed by atoms with Gasteiger partial charge >= 0.3 is 0 Å². The highest BCUT2D eigenvalue weighted by molar-refractivity contribution is 6.03. The number of amides is 1. The van der Waals surface area contributed by atoms with E-state index in [2.05, 4.69) is 5.32 Å². The van der Waals surface area contributed by atoms with Crippen LogP contribution in [-0.2, 0) is 4.79 Å². The van der Waals surface area contributed by atoms with Crippen molar-refractivity contribution >= 4 is 11.6 Å². The van der Waals surface area contributed by atoms with E-state index in [1.807, 2.05) is 41.3 Å². The van der Waals surface area contributed by atoms with Gasteiger partial charge in [-0.2, -0.15) is 0 Å². The zero-order valence-corrected chi connectivity index (χ0v) is 18.2. The first kappa shape index (κ1) is 21.2. The monoisotopic (exact) mass is 423 g/mol. The third-order valence-corrected chi connectivity index (χ3v) is 6.25. The van der Waals surface area contributed by atoms with Gasteiger partial charge in [0.2, 0.25) is 5.91 Å². The normalized spacial score (nSPS) is 20.3. The van der Waals surface area contributed by atoms with E-state index in [1.165, 1.54) is 0 Å². The third kappa shape index (κ3) is 4.23. The summed E-state index contributed by atoms with van der Waals surface area (Å²) in [6, 6.07) is 13.2. The van der Waals surface area contributed by atoms with Crippen molar-refractivity contribution in [1.82, 2.24) is 10.2 Å². The molecule has 0 aromatic heterocycles. The summed E-state index contributed by atoms with van der Waals surface area (Å²) >= 11 is 0. The van der Waals surface area contributed by atoms with Gasteiger partial charge < -0.3 is 19.5 Å². The Labute approximate surface area is 182 Å². The maximum Gasteiger partial charge on any atom is 0.219 e. The van der Waals surface area contributed by atoms with Crippen LogP contribution in [0.5, 0.6) is 17.2 Å². The molecule has 2 N–H and O–H groups in total. The molecule has 0 unspecified atom stereocenters. The van der Waals surface area contributed by atoms with E-state index in [0.29, 0.717) is 43.9 Å². The average molecular weight is 424 g/mol. The van der Waals surface area contributed by atoms with Crippen LogP contribution >= 0.6 is 0 Å². The molecule has 31 heavy (non-hydrogen) atoms. The molecule has 164 valence electrons. The molecule has 2 aliphatic heterocycles. The number of phenols is 1. The quantitative estimate of drug-likeness (QED) is 0.789. The number of rotatable bonds is 4. The van der Waals surface area contributed by atoms with Crippen LogP contribution in [0, 0.1) is 0 Å². The van der Waals surface area contributed by atoms with E-state index in [-0.39, 0.29) is 17.7 Å². The Kier molecular flexibility index (Phi) is 5.87. The van der Waals surface area contributed by atoms with E-state index in [4.69, 9.17) is 14.5 Å². The minimum Gasteiger partial charge on any atom is -0.507 e. The molecule has 1 saturated heterocycles. The Hall–Kier alpha value is -3.06. The number of phenolic OH excluding ortho intramolecular Hbond substituents is 1. The van der Waals surface area contributed by atoms with E-state index >= 15 is 0 Å². The molecule has 7 nitrogen and oxygen atoms in total. The molecule has 2 aromatic rings. The van der Waals surface area contributed by atoms with Gasteiger partial charge in [0.1, 0.15) is 11.4 Å². The third-order valence-electron chi connectivity index (χ3n) is 6.25. The second-order valence-corrected chi connectivity index (χ2v) is 8.13. The van der Waals surface area contributed by atoms with E-state index < -0.39 is 5.66 Å². The largest absolute Gasteiger partial charge is 0.507 e. The Bertz CT molecular complexity index is 996. The molecule has 0 aliphatic carbocycles. The zero-order valence-electron chi connectivity index (χ0n) is 18.2. The standard InChI is InChI=1S/C24H29N3O4/c1-16(28)27-12-10-24(11-13-27)25-19(17-8-9-22(30-2)23(14-17)31-3)15-20(26-24)18-6-4-5-7-21(18)29/h4-9,14,19,25,29H,10-13,15H2,1-3H3/t19-/m1/s1. The lowest BCUT2D eigenvalue weighted by Gasteiger charge is -2.45. The molecular formula is C24H29N3O4. The summed E-state index contributed by atoms with van der Waals surface area (Å²) in [6.45, 7) is 2.91. The second kappa shape index (κ2) is 8.59. The number of nitrogens with zero attached hydrogens (tertiary/aromatic N) is 2. The van der Waals surface area contributed by atoms with Crippen molar-refractivity contribution in [3.63, 3.8) is 0 Å². The van der Waals surface area contributed by atoms with Gasteiger partial charge in [0, 0.05) is 56.6 Å². The highest BCUT2D eigenvalue weighted by Crippen LogP contribution is 2.38. The number of benzene rings is 2. The van der Waals surface area contributed by atoms with Gasteiger partial charge in [0.15, 0.2) is 11.5 Å². The lowest BCUT2D eigenvalue weighted by molar-refractivity contribution is -0.130. The molecule has 2 aromatic carbocycles. The summed E-state index contributed by atoms with van der Waals surface area (Å²) in [6.07, 6.45) is 2.06. The Morgan fingerprint density at radius 3 is 2.48 bits per heavy atom. The number of para-hydroxylation sites is 1. The predicted octanol–water partition coefficient (Wildman–Crippen LogP) is 3.27. The Balaban J connectivity index is 1.72. The van der Waals surface area contributed by atoms with Crippen LogP contribution in [-0.4, -0.2) is 54.6 Å². The molecule has 0 saturated carbocycles. The van der Waals surface area contributed by atoms with Crippen LogP contribution in [0.4, 0.5) is 0 Å². The van der Waals surface area contributed by atoms with Crippen molar-refractivity contribution in [3.8, 4) is 17.2 Å². The molecule has 7 heteroatoms. The maximum atomic E-state index is 11.8. The molecular weight excluding hydrogens is 394 g/mol. The summed E-state index contributed by atoms with van der Waals surface area (Å²) < 4.78 is 10.9. The fraction of sp³-hybridized carbons (Fsp3) is 0.417. The highest BCUT2D eigenvalue weighted by atomic mass is 16.5. The molecule has 1 atom stereocenters. The van der Waals surface area contributed by atoms with Crippen molar-refractivity contribution in [2.75, 3.05) is 27.3 Å². The van der Waals surface area contributed by atoms with Crippen LogP contribution in [0.2, 0.25) is 0 Å². The van der Waals surface area contributed by atoms with Crippen LogP contribution in [0.25, 0.3) is 0 Å². The number of aliphatic imine (C=N–C) groups is 1. The first-order valence-electron chi connectivity index (χ1n) is 10.6. The van der Waals surface area contributed by atoms with Crippen LogP contribution in [0.15, 0.2) is 47.5 Å². The van der Waals surface area contributed by atoms with Gasteiger partial charge in [0.25, 0.3) is 0 Å². The predicted molar refractivity (Wildman–Crippen MR) is 119 cm³/mol. The number of likely N-dealkylation sites (tertiary alicyclic amines) is 1. The Morgan fingerprint density at radius 1 is 1.13 bits per heavy atom. The minimum atomic E-state index is -0.486. The van der Waals surface area contributed by atoms with E-state index in [9.17, 15) is 9.90 Å². The van der Waals surface area contributed by atoms with Gasteiger partial charge in [-0.3, -0.25) is 15.1 Å². The molecule has 0 radical (unpaired) electrons. The molecule has 0 bridgehead atoms. The summed E-state index contributed by atoms with van der Waals surface area (Å²) in [5.74, 6) is 1.67. The molecule has 1 spiro atoms. The molecule has 4 rings (SSSR count). The first-order valence-corrected chi connectivity index (χ1v) is 10.6. The van der Waals surface area contributed by atoms with Crippen LogP contribution in [0.1, 0.15) is 43.4 Å². The number of aromatic hydroxyl groups is 1. The lowest BCUT2D eigenvalue weighted by Crippen LogP contribution is -2.56. The molecule has 1 fully saturated rings. The van der Waals surface area contributed by atoms with Gasteiger partial charge in [-0.15, -0.1) is 0 Å². The van der Waals surface area contributed by atoms with Gasteiger partial charge in [-0.05, 0) is 29.8 Å². The summed E-state index contributed by atoms with van der Waals surface area (Å²) in [4.78, 5) is 18.8. The summed E-state index contributed by atoms with van der Waals surface area (Å²) in [5.41, 5.74) is 2.20. The topological polar surface area (TPSA) is 83.4 Å². The first-order chi connectivity index (χ1) is 14.9. The van der Waals surface area contributed by atoms with Crippen molar-refractivity contribution in [2.24, 2.45) is 4.99 Å².